The number of morpholine rings is 1. The summed E-state index contributed by atoms with van der Waals surface area (Å²) in [5.41, 5.74) is 11.0. The molecule has 1 unspecified atom stereocenters. The number of benzene rings is 1. The van der Waals surface area contributed by atoms with Gasteiger partial charge in [0.25, 0.3) is 5.91 Å². The van der Waals surface area contributed by atoms with Crippen molar-refractivity contribution >= 4 is 12.1 Å². The molecule has 1 aliphatic heterocycles. The van der Waals surface area contributed by atoms with E-state index >= 15 is 0 Å². The van der Waals surface area contributed by atoms with Gasteiger partial charge in [-0.05, 0) is 75.6 Å². The molecule has 1 aromatic rings. The molecular formula is C31H43N3O2. The van der Waals surface area contributed by atoms with E-state index in [1.54, 1.807) is 6.21 Å². The number of hydrogen-bond acceptors (Lipinski definition) is 4. The van der Waals surface area contributed by atoms with Crippen LogP contribution < -0.4 is 5.43 Å². The van der Waals surface area contributed by atoms with E-state index in [2.05, 4.69) is 68.3 Å². The highest BCUT2D eigenvalue weighted by Crippen LogP contribution is 2.26. The highest BCUT2D eigenvalue weighted by atomic mass is 16.5. The van der Waals surface area contributed by atoms with Gasteiger partial charge in [-0.15, -0.1) is 0 Å². The molecule has 0 saturated carbocycles. The van der Waals surface area contributed by atoms with Gasteiger partial charge in [0, 0.05) is 25.2 Å². The number of amides is 1. The van der Waals surface area contributed by atoms with Gasteiger partial charge in [0.2, 0.25) is 0 Å². The van der Waals surface area contributed by atoms with Crippen molar-refractivity contribution in [3.8, 4) is 0 Å². The van der Waals surface area contributed by atoms with Gasteiger partial charge < -0.3 is 4.74 Å². The van der Waals surface area contributed by atoms with Crippen molar-refractivity contribution in [3.63, 3.8) is 0 Å². The molecule has 0 bridgehead atoms. The second-order valence-corrected chi connectivity index (χ2v) is 10.2. The first-order valence-electron chi connectivity index (χ1n) is 13.3. The monoisotopic (exact) mass is 489 g/mol. The normalized spacial score (nSPS) is 20.1. The van der Waals surface area contributed by atoms with Gasteiger partial charge in [-0.2, -0.15) is 5.10 Å². The lowest BCUT2D eigenvalue weighted by molar-refractivity contribution is 0.0342. The van der Waals surface area contributed by atoms with Crippen LogP contribution in [0, 0.1) is 5.92 Å². The fourth-order valence-electron chi connectivity index (χ4n) is 4.30. The molecule has 36 heavy (non-hydrogen) atoms. The first-order valence-corrected chi connectivity index (χ1v) is 13.3. The summed E-state index contributed by atoms with van der Waals surface area (Å²) in [5, 5.41) is 4.31. The largest absolute Gasteiger partial charge is 0.379 e. The Kier molecular flexibility index (Phi) is 10.9. The van der Waals surface area contributed by atoms with Gasteiger partial charge in [-0.3, -0.25) is 9.69 Å². The Morgan fingerprint density at radius 3 is 2.58 bits per heavy atom. The standard InChI is InChI=1S/C31H43N3O2/c1-6-23(2)19-30(25(4)8-10-27-9-7-24(3)26(5)20-27)21-32-33-31(35)29-13-11-28(12-14-29)22-34-15-17-36-18-16-34/h9,11-14,19-21,24H,6-8,10,15-18,22H2,1-5H3,(H,33,35)/b23-19-,30-25+,32-21+. The third kappa shape index (κ3) is 8.72. The molecular weight excluding hydrogens is 446 g/mol. The van der Waals surface area contributed by atoms with E-state index in [9.17, 15) is 4.79 Å². The zero-order valence-corrected chi connectivity index (χ0v) is 22.8. The van der Waals surface area contributed by atoms with Crippen molar-refractivity contribution in [2.75, 3.05) is 26.3 Å². The highest BCUT2D eigenvalue weighted by molar-refractivity contribution is 5.95. The molecule has 0 spiro atoms. The molecule has 1 atom stereocenters. The van der Waals surface area contributed by atoms with Crippen LogP contribution in [-0.2, 0) is 11.3 Å². The number of allylic oxidation sites excluding steroid dienone is 8. The van der Waals surface area contributed by atoms with Crippen molar-refractivity contribution < 1.29 is 9.53 Å². The van der Waals surface area contributed by atoms with Crippen LogP contribution in [-0.4, -0.2) is 43.3 Å². The first kappa shape index (κ1) is 27.8. The fraction of sp³-hybridized carbons (Fsp3) is 0.484. The van der Waals surface area contributed by atoms with E-state index in [0.717, 1.165) is 64.1 Å². The maximum atomic E-state index is 12.7. The lowest BCUT2D eigenvalue weighted by Crippen LogP contribution is -2.35. The summed E-state index contributed by atoms with van der Waals surface area (Å²) in [5.74, 6) is 0.451. The molecule has 1 N–H and O–H groups in total. The summed E-state index contributed by atoms with van der Waals surface area (Å²) in [4.78, 5) is 15.0. The van der Waals surface area contributed by atoms with Crippen LogP contribution >= 0.6 is 0 Å². The highest BCUT2D eigenvalue weighted by Gasteiger charge is 2.12. The van der Waals surface area contributed by atoms with Gasteiger partial charge in [-0.1, -0.05) is 66.5 Å². The summed E-state index contributed by atoms with van der Waals surface area (Å²) in [6.45, 7) is 15.3. The smallest absolute Gasteiger partial charge is 0.271 e. The molecule has 194 valence electrons. The van der Waals surface area contributed by atoms with Crippen LogP contribution in [0.1, 0.15) is 76.2 Å². The van der Waals surface area contributed by atoms with Crippen molar-refractivity contribution in [1.29, 1.82) is 0 Å². The van der Waals surface area contributed by atoms with Gasteiger partial charge in [0.1, 0.15) is 0 Å². The van der Waals surface area contributed by atoms with Crippen molar-refractivity contribution in [2.45, 2.75) is 66.8 Å². The Balaban J connectivity index is 1.60. The second kappa shape index (κ2) is 14.1. The van der Waals surface area contributed by atoms with Gasteiger partial charge >= 0.3 is 0 Å². The summed E-state index contributed by atoms with van der Waals surface area (Å²) in [6, 6.07) is 7.79. The second-order valence-electron chi connectivity index (χ2n) is 10.2. The SMILES string of the molecule is CC\C(C)=C/C(/C=N/NC(=O)c1ccc(CN2CCOCC2)cc1)=C(/C)CCC1=CCC(C)C(C)=C1. The van der Waals surface area contributed by atoms with Crippen LogP contribution in [0.25, 0.3) is 0 Å². The minimum atomic E-state index is -0.195. The zero-order chi connectivity index (χ0) is 25.9. The third-order valence-corrected chi connectivity index (χ3v) is 7.26. The van der Waals surface area contributed by atoms with E-state index < -0.39 is 0 Å². The van der Waals surface area contributed by atoms with E-state index in [1.165, 1.54) is 27.9 Å². The average Bonchev–Trinajstić information content (AvgIpc) is 2.89. The number of rotatable bonds is 10. The summed E-state index contributed by atoms with van der Waals surface area (Å²) < 4.78 is 5.41. The Labute approximate surface area is 217 Å². The molecule has 1 fully saturated rings. The molecule has 1 saturated heterocycles. The van der Waals surface area contributed by atoms with Crippen molar-refractivity contribution in [2.24, 2.45) is 11.0 Å². The average molecular weight is 490 g/mol. The Morgan fingerprint density at radius 1 is 1.19 bits per heavy atom. The van der Waals surface area contributed by atoms with Crippen LogP contribution in [0.5, 0.6) is 0 Å². The van der Waals surface area contributed by atoms with Gasteiger partial charge in [-0.25, -0.2) is 5.43 Å². The van der Waals surface area contributed by atoms with E-state index in [1.807, 2.05) is 24.3 Å². The molecule has 1 amide bonds. The van der Waals surface area contributed by atoms with Crippen LogP contribution in [0.3, 0.4) is 0 Å². The minimum Gasteiger partial charge on any atom is -0.379 e. The summed E-state index contributed by atoms with van der Waals surface area (Å²) in [7, 11) is 0. The molecule has 5 nitrogen and oxygen atoms in total. The number of ether oxygens (including phenoxy) is 1. The number of hydrogen-bond donors (Lipinski definition) is 1. The molecule has 0 aromatic heterocycles. The van der Waals surface area contributed by atoms with Crippen molar-refractivity contribution in [3.05, 3.63) is 81.5 Å². The van der Waals surface area contributed by atoms with Crippen LogP contribution in [0.15, 0.2) is 75.5 Å². The number of nitrogens with one attached hydrogen (secondary N) is 1. The maximum Gasteiger partial charge on any atom is 0.271 e. The first-order chi connectivity index (χ1) is 17.4. The van der Waals surface area contributed by atoms with E-state index in [0.29, 0.717) is 11.5 Å². The molecule has 1 aromatic carbocycles. The molecule has 5 heteroatoms. The predicted molar refractivity (Wildman–Crippen MR) is 150 cm³/mol. The topological polar surface area (TPSA) is 53.9 Å². The Hall–Kier alpha value is -2.76. The van der Waals surface area contributed by atoms with E-state index in [4.69, 9.17) is 4.74 Å². The van der Waals surface area contributed by atoms with Crippen LogP contribution in [0.4, 0.5) is 0 Å². The Bertz CT molecular complexity index is 1040. The lowest BCUT2D eigenvalue weighted by atomic mass is 9.88. The zero-order valence-electron chi connectivity index (χ0n) is 22.8. The predicted octanol–water partition coefficient (Wildman–Crippen LogP) is 6.60. The van der Waals surface area contributed by atoms with E-state index in [-0.39, 0.29) is 5.91 Å². The molecule has 3 rings (SSSR count). The van der Waals surface area contributed by atoms with Crippen LogP contribution in [0.2, 0.25) is 0 Å². The fourth-order valence-corrected chi connectivity index (χ4v) is 4.30. The molecule has 2 aliphatic rings. The number of carbonyl (C=O) groups is 1. The lowest BCUT2D eigenvalue weighted by Gasteiger charge is -2.26. The maximum absolute atomic E-state index is 12.7. The van der Waals surface area contributed by atoms with Crippen molar-refractivity contribution in [1.82, 2.24) is 10.3 Å². The van der Waals surface area contributed by atoms with Gasteiger partial charge in [0.05, 0.1) is 19.4 Å². The molecule has 1 aliphatic carbocycles. The number of nitrogens with zero attached hydrogens (tertiary/aromatic N) is 2. The minimum absolute atomic E-state index is 0.195. The Morgan fingerprint density at radius 2 is 1.92 bits per heavy atom. The third-order valence-electron chi connectivity index (χ3n) is 7.26. The molecule has 0 radical (unpaired) electrons. The number of hydrazone groups is 1. The van der Waals surface area contributed by atoms with Gasteiger partial charge in [0.15, 0.2) is 0 Å². The quantitative estimate of drug-likeness (QED) is 0.229. The summed E-state index contributed by atoms with van der Waals surface area (Å²) in [6.07, 6.45) is 12.8. The summed E-state index contributed by atoms with van der Waals surface area (Å²) >= 11 is 0. The molecule has 1 heterocycles. The number of carbonyl (C=O) groups excluding carboxylic acids is 1.